The van der Waals surface area contributed by atoms with Crippen LogP contribution in [0.15, 0.2) is 0 Å². The first-order valence-corrected chi connectivity index (χ1v) is 5.99. The van der Waals surface area contributed by atoms with Crippen LogP contribution in [0.3, 0.4) is 0 Å². The topological polar surface area (TPSA) is 17.1 Å². The van der Waals surface area contributed by atoms with Gasteiger partial charge in [-0.2, -0.15) is 0 Å². The molecule has 0 aromatic carbocycles. The molecule has 0 spiro atoms. The van der Waals surface area contributed by atoms with Crippen LogP contribution < -0.4 is 0 Å². The van der Waals surface area contributed by atoms with E-state index in [9.17, 15) is 4.21 Å². The van der Waals surface area contributed by atoms with Gasteiger partial charge in [-0.3, -0.25) is 4.21 Å². The SMILES string of the molecule is CCC1CS(=O)CC1C(C)C. The molecule has 0 bridgehead atoms. The maximum atomic E-state index is 11.2. The van der Waals surface area contributed by atoms with E-state index in [4.69, 9.17) is 0 Å². The van der Waals surface area contributed by atoms with Gasteiger partial charge >= 0.3 is 0 Å². The second-order valence-electron chi connectivity index (χ2n) is 3.85. The van der Waals surface area contributed by atoms with Crippen LogP contribution in [0.2, 0.25) is 0 Å². The van der Waals surface area contributed by atoms with Gasteiger partial charge in [-0.1, -0.05) is 27.2 Å². The second-order valence-corrected chi connectivity index (χ2v) is 5.40. The Morgan fingerprint density at radius 3 is 2.45 bits per heavy atom. The number of rotatable bonds is 2. The van der Waals surface area contributed by atoms with Crippen LogP contribution in [-0.2, 0) is 10.8 Å². The highest BCUT2D eigenvalue weighted by atomic mass is 32.2. The van der Waals surface area contributed by atoms with Gasteiger partial charge in [0.25, 0.3) is 0 Å². The maximum absolute atomic E-state index is 11.2. The van der Waals surface area contributed by atoms with E-state index in [1.54, 1.807) is 0 Å². The lowest BCUT2D eigenvalue weighted by atomic mass is 9.85. The molecule has 0 amide bonds. The summed E-state index contributed by atoms with van der Waals surface area (Å²) in [6.07, 6.45) is 1.20. The summed E-state index contributed by atoms with van der Waals surface area (Å²) in [4.78, 5) is 0. The van der Waals surface area contributed by atoms with Crippen LogP contribution in [0.4, 0.5) is 0 Å². The molecule has 0 saturated carbocycles. The lowest BCUT2D eigenvalue weighted by Gasteiger charge is -2.19. The van der Waals surface area contributed by atoms with E-state index < -0.39 is 10.8 Å². The first-order chi connectivity index (χ1) is 5.15. The standard InChI is InChI=1S/C9H18OS/c1-4-8-5-11(10)6-9(8)7(2)3/h7-9H,4-6H2,1-3H3. The summed E-state index contributed by atoms with van der Waals surface area (Å²) < 4.78 is 11.2. The molecule has 1 fully saturated rings. The van der Waals surface area contributed by atoms with E-state index in [0.717, 1.165) is 23.3 Å². The molecule has 0 aromatic rings. The van der Waals surface area contributed by atoms with Crippen LogP contribution in [0.5, 0.6) is 0 Å². The molecule has 11 heavy (non-hydrogen) atoms. The molecule has 0 aromatic heterocycles. The van der Waals surface area contributed by atoms with E-state index in [1.165, 1.54) is 6.42 Å². The Hall–Kier alpha value is 0.150. The Kier molecular flexibility index (Phi) is 3.11. The van der Waals surface area contributed by atoms with Crippen molar-refractivity contribution in [1.29, 1.82) is 0 Å². The maximum Gasteiger partial charge on any atom is 0.0268 e. The fourth-order valence-electron chi connectivity index (χ4n) is 1.94. The molecule has 1 heterocycles. The Bertz CT molecular complexity index is 154. The largest absolute Gasteiger partial charge is 0.260 e. The zero-order valence-corrected chi connectivity index (χ0v) is 8.49. The van der Waals surface area contributed by atoms with Gasteiger partial charge in [-0.25, -0.2) is 0 Å². The second kappa shape index (κ2) is 3.70. The van der Waals surface area contributed by atoms with Gasteiger partial charge in [0.2, 0.25) is 0 Å². The summed E-state index contributed by atoms with van der Waals surface area (Å²) >= 11 is 0. The lowest BCUT2D eigenvalue weighted by Crippen LogP contribution is -2.17. The van der Waals surface area contributed by atoms with Gasteiger partial charge in [0.05, 0.1) is 0 Å². The fraction of sp³-hybridized carbons (Fsp3) is 1.00. The fourth-order valence-corrected chi connectivity index (χ4v) is 4.12. The van der Waals surface area contributed by atoms with Gasteiger partial charge < -0.3 is 0 Å². The summed E-state index contributed by atoms with van der Waals surface area (Å²) in [5.74, 6) is 4.08. The van der Waals surface area contributed by atoms with Gasteiger partial charge in [0.1, 0.15) is 0 Å². The van der Waals surface area contributed by atoms with Crippen molar-refractivity contribution in [2.75, 3.05) is 11.5 Å². The molecule has 66 valence electrons. The van der Waals surface area contributed by atoms with E-state index in [-0.39, 0.29) is 0 Å². The summed E-state index contributed by atoms with van der Waals surface area (Å²) in [7, 11) is -0.503. The zero-order valence-electron chi connectivity index (χ0n) is 7.67. The molecule has 1 nitrogen and oxygen atoms in total. The summed E-state index contributed by atoms with van der Waals surface area (Å²) in [6.45, 7) is 6.70. The Balaban J connectivity index is 2.57. The first-order valence-electron chi connectivity index (χ1n) is 4.50. The highest BCUT2D eigenvalue weighted by molar-refractivity contribution is 7.85. The molecule has 0 aliphatic carbocycles. The Labute approximate surface area is 72.0 Å². The molecule has 3 atom stereocenters. The normalized spacial score (nSPS) is 38.4. The third-order valence-electron chi connectivity index (χ3n) is 2.76. The van der Waals surface area contributed by atoms with Gasteiger partial charge in [-0.15, -0.1) is 0 Å². The summed E-state index contributed by atoms with van der Waals surface area (Å²) in [5.41, 5.74) is 0. The van der Waals surface area contributed by atoms with E-state index in [1.807, 2.05) is 0 Å². The van der Waals surface area contributed by atoms with Crippen LogP contribution >= 0.6 is 0 Å². The van der Waals surface area contributed by atoms with Crippen molar-refractivity contribution in [3.05, 3.63) is 0 Å². The lowest BCUT2D eigenvalue weighted by molar-refractivity contribution is 0.314. The third kappa shape index (κ3) is 2.05. The predicted octanol–water partition coefficient (Wildman–Crippen LogP) is 2.05. The quantitative estimate of drug-likeness (QED) is 0.626. The molecule has 1 aliphatic heterocycles. The molecule has 3 unspecified atom stereocenters. The van der Waals surface area contributed by atoms with Crippen molar-refractivity contribution in [2.24, 2.45) is 17.8 Å². The smallest absolute Gasteiger partial charge is 0.0268 e. The molecule has 1 aliphatic rings. The average molecular weight is 174 g/mol. The number of hydrogen-bond acceptors (Lipinski definition) is 1. The number of hydrogen-bond donors (Lipinski definition) is 0. The Morgan fingerprint density at radius 1 is 1.45 bits per heavy atom. The first kappa shape index (κ1) is 9.24. The molecule has 2 heteroatoms. The van der Waals surface area contributed by atoms with Crippen LogP contribution in [-0.4, -0.2) is 15.7 Å². The minimum atomic E-state index is -0.503. The summed E-state index contributed by atoms with van der Waals surface area (Å²) in [5, 5.41) is 0. The minimum absolute atomic E-state index is 0.503. The predicted molar refractivity (Wildman–Crippen MR) is 50.0 cm³/mol. The molecular weight excluding hydrogens is 156 g/mol. The van der Waals surface area contributed by atoms with Crippen LogP contribution in [0.1, 0.15) is 27.2 Å². The van der Waals surface area contributed by atoms with Crippen molar-refractivity contribution < 1.29 is 4.21 Å². The van der Waals surface area contributed by atoms with E-state index >= 15 is 0 Å². The molecule has 1 rings (SSSR count). The highest BCUT2D eigenvalue weighted by Gasteiger charge is 2.32. The van der Waals surface area contributed by atoms with Crippen molar-refractivity contribution in [2.45, 2.75) is 27.2 Å². The zero-order chi connectivity index (χ0) is 8.43. The molecule has 0 radical (unpaired) electrons. The molecular formula is C9H18OS. The van der Waals surface area contributed by atoms with Crippen LogP contribution in [0, 0.1) is 17.8 Å². The Morgan fingerprint density at radius 2 is 2.09 bits per heavy atom. The average Bonchev–Trinajstić information content (AvgIpc) is 2.30. The molecule has 0 N–H and O–H groups in total. The van der Waals surface area contributed by atoms with Crippen LogP contribution in [0.25, 0.3) is 0 Å². The van der Waals surface area contributed by atoms with Gasteiger partial charge in [-0.05, 0) is 17.8 Å². The van der Waals surface area contributed by atoms with Crippen molar-refractivity contribution in [3.8, 4) is 0 Å². The highest BCUT2D eigenvalue weighted by Crippen LogP contribution is 2.31. The monoisotopic (exact) mass is 174 g/mol. The van der Waals surface area contributed by atoms with E-state index in [0.29, 0.717) is 5.92 Å². The summed E-state index contributed by atoms with van der Waals surface area (Å²) in [6, 6.07) is 0. The molecule has 1 saturated heterocycles. The minimum Gasteiger partial charge on any atom is -0.260 e. The van der Waals surface area contributed by atoms with Crippen molar-refractivity contribution in [3.63, 3.8) is 0 Å². The van der Waals surface area contributed by atoms with Crippen molar-refractivity contribution >= 4 is 10.8 Å². The third-order valence-corrected chi connectivity index (χ3v) is 4.32. The van der Waals surface area contributed by atoms with Crippen molar-refractivity contribution in [1.82, 2.24) is 0 Å². The van der Waals surface area contributed by atoms with Gasteiger partial charge in [0.15, 0.2) is 0 Å². The van der Waals surface area contributed by atoms with Gasteiger partial charge in [0, 0.05) is 22.3 Å². The van der Waals surface area contributed by atoms with E-state index in [2.05, 4.69) is 20.8 Å².